The normalized spacial score (nSPS) is 21.3. The minimum Gasteiger partial charge on any atom is -0.367 e. The van der Waals surface area contributed by atoms with Crippen molar-refractivity contribution in [1.82, 2.24) is 10.2 Å². The Balaban J connectivity index is 1.46. The number of rotatable bonds is 3. The van der Waals surface area contributed by atoms with Gasteiger partial charge in [0.15, 0.2) is 0 Å². The van der Waals surface area contributed by atoms with Crippen molar-refractivity contribution in [2.75, 3.05) is 37.6 Å². The van der Waals surface area contributed by atoms with E-state index in [2.05, 4.69) is 22.4 Å². The smallest absolute Gasteiger partial charge is 0.317 e. The third-order valence-corrected chi connectivity index (χ3v) is 5.00. The van der Waals surface area contributed by atoms with Gasteiger partial charge < -0.3 is 15.1 Å². The number of para-hydroxylation sites is 1. The highest BCUT2D eigenvalue weighted by Gasteiger charge is 2.22. The second-order valence-electron chi connectivity index (χ2n) is 6.26. The molecule has 1 saturated heterocycles. The molecule has 0 aromatic heterocycles. The van der Waals surface area contributed by atoms with E-state index in [1.807, 2.05) is 29.2 Å². The molecule has 0 bridgehead atoms. The van der Waals surface area contributed by atoms with Gasteiger partial charge in [0.2, 0.25) is 0 Å². The molecule has 5 heteroatoms. The van der Waals surface area contributed by atoms with Crippen LogP contribution in [-0.4, -0.2) is 43.7 Å². The summed E-state index contributed by atoms with van der Waals surface area (Å²) in [4.78, 5) is 16.5. The number of hydrogen-bond donors (Lipinski definition) is 1. The molecule has 0 saturated carbocycles. The molecule has 1 N–H and O–H groups in total. The van der Waals surface area contributed by atoms with Crippen LogP contribution in [0.15, 0.2) is 36.4 Å². The second-order valence-corrected chi connectivity index (χ2v) is 6.67. The highest BCUT2D eigenvalue weighted by molar-refractivity contribution is 6.33. The van der Waals surface area contributed by atoms with Gasteiger partial charge >= 0.3 is 6.03 Å². The van der Waals surface area contributed by atoms with Crippen molar-refractivity contribution in [2.45, 2.75) is 19.3 Å². The van der Waals surface area contributed by atoms with Crippen LogP contribution in [0, 0.1) is 5.92 Å². The first-order valence-electron chi connectivity index (χ1n) is 8.41. The number of anilines is 1. The van der Waals surface area contributed by atoms with Crippen molar-refractivity contribution in [3.8, 4) is 0 Å². The topological polar surface area (TPSA) is 35.6 Å². The molecule has 3 rings (SSSR count). The Morgan fingerprint density at radius 3 is 2.65 bits per heavy atom. The first-order chi connectivity index (χ1) is 11.2. The summed E-state index contributed by atoms with van der Waals surface area (Å²) < 4.78 is 0. The van der Waals surface area contributed by atoms with Crippen LogP contribution in [0.3, 0.4) is 0 Å². The fourth-order valence-corrected chi connectivity index (χ4v) is 3.50. The van der Waals surface area contributed by atoms with Crippen LogP contribution in [0.5, 0.6) is 0 Å². The van der Waals surface area contributed by atoms with Crippen molar-refractivity contribution in [1.29, 1.82) is 0 Å². The molecule has 1 fully saturated rings. The van der Waals surface area contributed by atoms with Crippen molar-refractivity contribution in [3.05, 3.63) is 41.4 Å². The SMILES string of the molecule is O=C(NCC1CC=CCC1)N1CCN(c2ccccc2Cl)CC1. The quantitative estimate of drug-likeness (QED) is 0.859. The van der Waals surface area contributed by atoms with E-state index in [4.69, 9.17) is 11.6 Å². The molecule has 2 aliphatic rings. The number of amides is 2. The summed E-state index contributed by atoms with van der Waals surface area (Å²) in [5.74, 6) is 0.591. The van der Waals surface area contributed by atoms with Gasteiger partial charge in [-0.3, -0.25) is 0 Å². The molecule has 124 valence electrons. The average Bonchev–Trinajstić information content (AvgIpc) is 2.61. The summed E-state index contributed by atoms with van der Waals surface area (Å²) in [6.07, 6.45) is 7.85. The zero-order chi connectivity index (χ0) is 16.1. The number of nitrogens with zero attached hydrogens (tertiary/aromatic N) is 2. The number of halogens is 1. The molecule has 0 spiro atoms. The van der Waals surface area contributed by atoms with Crippen LogP contribution >= 0.6 is 11.6 Å². The molecular weight excluding hydrogens is 310 g/mol. The minimum absolute atomic E-state index is 0.0679. The lowest BCUT2D eigenvalue weighted by Gasteiger charge is -2.36. The van der Waals surface area contributed by atoms with Crippen LogP contribution in [0.25, 0.3) is 0 Å². The van der Waals surface area contributed by atoms with E-state index in [0.717, 1.165) is 56.3 Å². The molecule has 1 unspecified atom stereocenters. The van der Waals surface area contributed by atoms with E-state index in [1.54, 1.807) is 0 Å². The van der Waals surface area contributed by atoms with Crippen molar-refractivity contribution in [3.63, 3.8) is 0 Å². The maximum Gasteiger partial charge on any atom is 0.317 e. The van der Waals surface area contributed by atoms with Gasteiger partial charge in [0, 0.05) is 32.7 Å². The van der Waals surface area contributed by atoms with Gasteiger partial charge in [0.05, 0.1) is 10.7 Å². The molecule has 1 atom stereocenters. The minimum atomic E-state index is 0.0679. The van der Waals surface area contributed by atoms with E-state index in [1.165, 1.54) is 6.42 Å². The molecule has 2 amide bonds. The Morgan fingerprint density at radius 2 is 1.96 bits per heavy atom. The van der Waals surface area contributed by atoms with Crippen LogP contribution in [0.2, 0.25) is 5.02 Å². The largest absolute Gasteiger partial charge is 0.367 e. The Hall–Kier alpha value is -1.68. The third-order valence-electron chi connectivity index (χ3n) is 4.68. The number of carbonyl (C=O) groups excluding carboxylic acids is 1. The first-order valence-corrected chi connectivity index (χ1v) is 8.79. The number of hydrogen-bond acceptors (Lipinski definition) is 2. The van der Waals surface area contributed by atoms with Crippen LogP contribution in [0.4, 0.5) is 10.5 Å². The Kier molecular flexibility index (Phi) is 5.44. The molecule has 0 radical (unpaired) electrons. The lowest BCUT2D eigenvalue weighted by atomic mass is 9.94. The summed E-state index contributed by atoms with van der Waals surface area (Å²) >= 11 is 6.25. The molecule has 23 heavy (non-hydrogen) atoms. The molecule has 4 nitrogen and oxygen atoms in total. The second kappa shape index (κ2) is 7.73. The predicted molar refractivity (Wildman–Crippen MR) is 95.1 cm³/mol. The summed E-state index contributed by atoms with van der Waals surface area (Å²) in [6, 6.07) is 7.95. The van der Waals surface area contributed by atoms with E-state index in [-0.39, 0.29) is 6.03 Å². The number of benzene rings is 1. The highest BCUT2D eigenvalue weighted by atomic mass is 35.5. The average molecular weight is 334 g/mol. The van der Waals surface area contributed by atoms with E-state index in [0.29, 0.717) is 5.92 Å². The summed E-state index contributed by atoms with van der Waals surface area (Å²) in [5.41, 5.74) is 1.06. The summed E-state index contributed by atoms with van der Waals surface area (Å²) in [6.45, 7) is 3.91. The number of allylic oxidation sites excluding steroid dienone is 2. The van der Waals surface area contributed by atoms with Gasteiger partial charge in [-0.25, -0.2) is 4.79 Å². The van der Waals surface area contributed by atoms with Crippen LogP contribution < -0.4 is 10.2 Å². The van der Waals surface area contributed by atoms with Crippen LogP contribution in [0.1, 0.15) is 19.3 Å². The van der Waals surface area contributed by atoms with Gasteiger partial charge in [-0.15, -0.1) is 0 Å². The third kappa shape index (κ3) is 4.20. The molecule has 1 heterocycles. The lowest BCUT2D eigenvalue weighted by molar-refractivity contribution is 0.192. The number of urea groups is 1. The van der Waals surface area contributed by atoms with Crippen molar-refractivity contribution >= 4 is 23.3 Å². The summed E-state index contributed by atoms with van der Waals surface area (Å²) in [7, 11) is 0. The van der Waals surface area contributed by atoms with Gasteiger partial charge in [-0.1, -0.05) is 35.9 Å². The number of carbonyl (C=O) groups is 1. The van der Waals surface area contributed by atoms with E-state index >= 15 is 0 Å². The maximum atomic E-state index is 12.3. The fourth-order valence-electron chi connectivity index (χ4n) is 3.24. The Morgan fingerprint density at radius 1 is 1.17 bits per heavy atom. The number of piperazine rings is 1. The van der Waals surface area contributed by atoms with Crippen molar-refractivity contribution in [2.24, 2.45) is 5.92 Å². The van der Waals surface area contributed by atoms with Gasteiger partial charge in [0.25, 0.3) is 0 Å². The molecule has 1 aromatic carbocycles. The Bertz CT molecular complexity index is 567. The Labute approximate surface area is 143 Å². The molecule has 1 aromatic rings. The molecular formula is C18H24ClN3O. The van der Waals surface area contributed by atoms with Crippen molar-refractivity contribution < 1.29 is 4.79 Å². The molecule has 1 aliphatic heterocycles. The summed E-state index contributed by atoms with van der Waals surface area (Å²) in [5, 5.41) is 3.87. The van der Waals surface area contributed by atoms with Gasteiger partial charge in [-0.2, -0.15) is 0 Å². The van der Waals surface area contributed by atoms with Gasteiger partial charge in [-0.05, 0) is 37.3 Å². The highest BCUT2D eigenvalue weighted by Crippen LogP contribution is 2.26. The van der Waals surface area contributed by atoms with Gasteiger partial charge in [0.1, 0.15) is 0 Å². The fraction of sp³-hybridized carbons (Fsp3) is 0.500. The standard InChI is InChI=1S/C18H24ClN3O/c19-16-8-4-5-9-17(16)21-10-12-22(13-11-21)18(23)20-14-15-6-2-1-3-7-15/h1-2,4-5,8-9,15H,3,6-7,10-14H2,(H,20,23). The van der Waals surface area contributed by atoms with E-state index in [9.17, 15) is 4.79 Å². The number of nitrogens with one attached hydrogen (secondary N) is 1. The van der Waals surface area contributed by atoms with E-state index < -0.39 is 0 Å². The monoisotopic (exact) mass is 333 g/mol. The first kappa shape index (κ1) is 16.2. The maximum absolute atomic E-state index is 12.3. The molecule has 1 aliphatic carbocycles. The lowest BCUT2D eigenvalue weighted by Crippen LogP contribution is -2.52. The zero-order valence-electron chi connectivity index (χ0n) is 13.4. The zero-order valence-corrected chi connectivity index (χ0v) is 14.1. The van der Waals surface area contributed by atoms with Crippen LogP contribution in [-0.2, 0) is 0 Å². The predicted octanol–water partition coefficient (Wildman–Crippen LogP) is 3.53.